The van der Waals surface area contributed by atoms with Crippen molar-refractivity contribution in [3.63, 3.8) is 0 Å². The second-order valence-corrected chi connectivity index (χ2v) is 8.32. The first-order valence-corrected chi connectivity index (χ1v) is 10.5. The van der Waals surface area contributed by atoms with E-state index in [2.05, 4.69) is 15.6 Å². The van der Waals surface area contributed by atoms with Crippen molar-refractivity contribution in [1.82, 2.24) is 20.0 Å². The van der Waals surface area contributed by atoms with Gasteiger partial charge in [0.2, 0.25) is 5.91 Å². The molecule has 2 heterocycles. The summed E-state index contributed by atoms with van der Waals surface area (Å²) in [5.41, 5.74) is 3.36. The van der Waals surface area contributed by atoms with Gasteiger partial charge in [-0.25, -0.2) is 4.98 Å². The lowest BCUT2D eigenvalue weighted by molar-refractivity contribution is -0.116. The highest BCUT2D eigenvalue weighted by molar-refractivity contribution is 7.17. The molecule has 0 aliphatic rings. The number of nitrogens with zero attached hydrogens (tertiary/aromatic N) is 2. The molecular formula is C22H26N4O2S. The molecule has 6 nitrogen and oxygen atoms in total. The summed E-state index contributed by atoms with van der Waals surface area (Å²) in [5.74, 6) is -0.256. The fraction of sp³-hybridized carbons (Fsp3) is 0.318. The number of hydrogen-bond acceptors (Lipinski definition) is 4. The fourth-order valence-corrected chi connectivity index (χ4v) is 3.75. The number of carbonyl (C=O) groups excluding carboxylic acids is 2. The zero-order chi connectivity index (χ0) is 21.0. The van der Waals surface area contributed by atoms with Crippen molar-refractivity contribution in [3.8, 4) is 0 Å². The topological polar surface area (TPSA) is 75.5 Å². The second-order valence-electron chi connectivity index (χ2n) is 7.11. The van der Waals surface area contributed by atoms with Gasteiger partial charge in [-0.15, -0.1) is 11.3 Å². The van der Waals surface area contributed by atoms with E-state index in [0.717, 1.165) is 28.3 Å². The first kappa shape index (κ1) is 20.8. The standard InChI is InChI=1S/C22H26N4O2S/c1-5-14(2)24-21(28)18-8-6-17(7-9-18)12-23-20(27)11-10-19-16(4)25-22-26(19)13-15(3)29-22/h6-11,13-14H,5,12H2,1-4H3,(H,23,27)(H,24,28)/b11-10+/t14-/m0/s1. The first-order chi connectivity index (χ1) is 13.9. The molecule has 29 heavy (non-hydrogen) atoms. The van der Waals surface area contributed by atoms with Crippen LogP contribution in [0.25, 0.3) is 11.0 Å². The lowest BCUT2D eigenvalue weighted by Gasteiger charge is -2.11. The number of imidazole rings is 1. The normalized spacial score (nSPS) is 12.4. The number of benzene rings is 1. The molecule has 0 saturated heterocycles. The Morgan fingerprint density at radius 1 is 1.24 bits per heavy atom. The number of amides is 2. The van der Waals surface area contributed by atoms with Crippen molar-refractivity contribution in [2.24, 2.45) is 0 Å². The van der Waals surface area contributed by atoms with Crippen LogP contribution in [0.5, 0.6) is 0 Å². The van der Waals surface area contributed by atoms with E-state index in [1.807, 2.05) is 50.4 Å². The van der Waals surface area contributed by atoms with Gasteiger partial charge in [-0.1, -0.05) is 19.1 Å². The van der Waals surface area contributed by atoms with Gasteiger partial charge in [0, 0.05) is 35.3 Å². The molecule has 0 aliphatic carbocycles. The van der Waals surface area contributed by atoms with Gasteiger partial charge in [-0.05, 0) is 51.0 Å². The van der Waals surface area contributed by atoms with E-state index < -0.39 is 0 Å². The molecule has 0 aliphatic heterocycles. The molecule has 2 N–H and O–H groups in total. The van der Waals surface area contributed by atoms with Crippen LogP contribution >= 0.6 is 11.3 Å². The van der Waals surface area contributed by atoms with E-state index in [-0.39, 0.29) is 17.9 Å². The number of nitrogens with one attached hydrogen (secondary N) is 2. The molecule has 2 aromatic heterocycles. The summed E-state index contributed by atoms with van der Waals surface area (Å²) in [6, 6.07) is 7.41. The number of thiazole rings is 1. The number of aromatic nitrogens is 2. The predicted molar refractivity (Wildman–Crippen MR) is 117 cm³/mol. The number of hydrogen-bond donors (Lipinski definition) is 2. The van der Waals surface area contributed by atoms with Crippen LogP contribution in [0.3, 0.4) is 0 Å². The Labute approximate surface area is 174 Å². The summed E-state index contributed by atoms with van der Waals surface area (Å²) >= 11 is 1.63. The van der Waals surface area contributed by atoms with Crippen LogP contribution in [0.2, 0.25) is 0 Å². The van der Waals surface area contributed by atoms with Gasteiger partial charge in [0.1, 0.15) is 0 Å². The third kappa shape index (κ3) is 5.12. The highest BCUT2D eigenvalue weighted by Gasteiger charge is 2.10. The third-order valence-electron chi connectivity index (χ3n) is 4.73. The Bertz CT molecular complexity index is 1050. The van der Waals surface area contributed by atoms with Crippen LogP contribution in [-0.2, 0) is 11.3 Å². The Morgan fingerprint density at radius 2 is 1.97 bits per heavy atom. The van der Waals surface area contributed by atoms with Crippen LogP contribution in [-0.4, -0.2) is 27.2 Å². The van der Waals surface area contributed by atoms with Crippen LogP contribution < -0.4 is 10.6 Å². The second kappa shape index (κ2) is 9.05. The molecule has 0 spiro atoms. The predicted octanol–water partition coefficient (Wildman–Crippen LogP) is 3.87. The SMILES string of the molecule is CC[C@H](C)NC(=O)c1ccc(CNC(=O)/C=C/c2c(C)nc3sc(C)cn23)cc1. The van der Waals surface area contributed by atoms with E-state index in [9.17, 15) is 9.59 Å². The van der Waals surface area contributed by atoms with Crippen molar-refractivity contribution >= 4 is 34.2 Å². The van der Waals surface area contributed by atoms with E-state index >= 15 is 0 Å². The smallest absolute Gasteiger partial charge is 0.251 e. The molecule has 2 amide bonds. The Morgan fingerprint density at radius 3 is 2.66 bits per heavy atom. The molecule has 7 heteroatoms. The molecule has 0 fully saturated rings. The third-order valence-corrected chi connectivity index (χ3v) is 5.63. The Kier molecular flexibility index (Phi) is 6.49. The highest BCUT2D eigenvalue weighted by atomic mass is 32.1. The quantitative estimate of drug-likeness (QED) is 0.581. The van der Waals surface area contributed by atoms with Crippen molar-refractivity contribution in [2.75, 3.05) is 0 Å². The number of rotatable bonds is 7. The average molecular weight is 411 g/mol. The molecule has 0 saturated carbocycles. The molecule has 152 valence electrons. The zero-order valence-electron chi connectivity index (χ0n) is 17.2. The van der Waals surface area contributed by atoms with Crippen molar-refractivity contribution in [1.29, 1.82) is 0 Å². The lowest BCUT2D eigenvalue weighted by Crippen LogP contribution is -2.31. The van der Waals surface area contributed by atoms with E-state index in [1.54, 1.807) is 29.5 Å². The van der Waals surface area contributed by atoms with E-state index in [4.69, 9.17) is 0 Å². The summed E-state index contributed by atoms with van der Waals surface area (Å²) in [6.45, 7) is 8.38. The van der Waals surface area contributed by atoms with E-state index in [0.29, 0.717) is 12.1 Å². The summed E-state index contributed by atoms with van der Waals surface area (Å²) in [5, 5.41) is 5.81. The van der Waals surface area contributed by atoms with Crippen LogP contribution in [0, 0.1) is 13.8 Å². The Balaban J connectivity index is 1.57. The van der Waals surface area contributed by atoms with Gasteiger partial charge in [-0.2, -0.15) is 0 Å². The molecular weight excluding hydrogens is 384 g/mol. The number of carbonyl (C=O) groups is 2. The van der Waals surface area contributed by atoms with Crippen molar-refractivity contribution < 1.29 is 9.59 Å². The first-order valence-electron chi connectivity index (χ1n) is 9.68. The molecule has 0 radical (unpaired) electrons. The largest absolute Gasteiger partial charge is 0.350 e. The lowest BCUT2D eigenvalue weighted by atomic mass is 10.1. The minimum absolute atomic E-state index is 0.0796. The van der Waals surface area contributed by atoms with Crippen LogP contribution in [0.4, 0.5) is 0 Å². The summed E-state index contributed by atoms with van der Waals surface area (Å²) in [6.07, 6.45) is 6.23. The molecule has 3 rings (SSSR count). The van der Waals surface area contributed by atoms with Crippen molar-refractivity contribution in [3.05, 3.63) is 63.9 Å². The fourth-order valence-electron chi connectivity index (χ4n) is 2.87. The summed E-state index contributed by atoms with van der Waals surface area (Å²) in [7, 11) is 0. The van der Waals surface area contributed by atoms with Crippen LogP contribution in [0.1, 0.15) is 52.5 Å². The summed E-state index contributed by atoms with van der Waals surface area (Å²) < 4.78 is 2.00. The van der Waals surface area contributed by atoms with Gasteiger partial charge >= 0.3 is 0 Å². The van der Waals surface area contributed by atoms with Gasteiger partial charge in [0.15, 0.2) is 4.96 Å². The van der Waals surface area contributed by atoms with Crippen LogP contribution in [0.15, 0.2) is 36.5 Å². The van der Waals surface area contributed by atoms with Crippen molar-refractivity contribution in [2.45, 2.75) is 46.7 Å². The molecule has 1 atom stereocenters. The van der Waals surface area contributed by atoms with E-state index in [1.165, 1.54) is 11.0 Å². The maximum atomic E-state index is 12.2. The van der Waals surface area contributed by atoms with Gasteiger partial charge < -0.3 is 10.6 Å². The molecule has 0 bridgehead atoms. The van der Waals surface area contributed by atoms with Gasteiger partial charge in [0.25, 0.3) is 5.91 Å². The molecule has 1 aromatic carbocycles. The highest BCUT2D eigenvalue weighted by Crippen LogP contribution is 2.21. The maximum absolute atomic E-state index is 12.2. The minimum atomic E-state index is -0.176. The molecule has 3 aromatic rings. The zero-order valence-corrected chi connectivity index (χ0v) is 18.0. The molecule has 0 unspecified atom stereocenters. The minimum Gasteiger partial charge on any atom is -0.350 e. The van der Waals surface area contributed by atoms with Gasteiger partial charge in [-0.3, -0.25) is 14.0 Å². The number of aryl methyl sites for hydroxylation is 2. The maximum Gasteiger partial charge on any atom is 0.251 e. The summed E-state index contributed by atoms with van der Waals surface area (Å²) in [4.78, 5) is 30.9. The number of fused-ring (bicyclic) bond motifs is 1. The average Bonchev–Trinajstić information content (AvgIpc) is 3.19. The monoisotopic (exact) mass is 410 g/mol. The van der Waals surface area contributed by atoms with Gasteiger partial charge in [0.05, 0.1) is 11.4 Å². The Hall–Kier alpha value is -2.93.